The molecule has 2 aromatic heterocycles. The maximum Gasteiger partial charge on any atom is 0.471 e. The van der Waals surface area contributed by atoms with Gasteiger partial charge in [-0.25, -0.2) is 13.8 Å². The molecule has 0 radical (unpaired) electrons. The predicted molar refractivity (Wildman–Crippen MR) is 166 cm³/mol. The van der Waals surface area contributed by atoms with E-state index in [2.05, 4.69) is 19.6 Å². The Labute approximate surface area is 281 Å². The van der Waals surface area contributed by atoms with E-state index in [1.54, 1.807) is 19.1 Å². The maximum absolute atomic E-state index is 15.3. The van der Waals surface area contributed by atoms with Crippen molar-refractivity contribution in [3.63, 3.8) is 0 Å². The van der Waals surface area contributed by atoms with Gasteiger partial charge >= 0.3 is 12.1 Å². The molecular weight excluding hydrogens is 673 g/mol. The Balaban J connectivity index is 1.01. The Hall–Kier alpha value is -4.27. The van der Waals surface area contributed by atoms with Gasteiger partial charge in [0.15, 0.2) is 11.5 Å². The van der Waals surface area contributed by atoms with Crippen LogP contribution in [0.3, 0.4) is 0 Å². The molecule has 1 unspecified atom stereocenters. The lowest BCUT2D eigenvalue weighted by molar-refractivity contribution is -0.159. The normalized spacial score (nSPS) is 21.4. The number of benzene rings is 3. The molecule has 3 aromatic carbocycles. The molecule has 2 saturated heterocycles. The van der Waals surface area contributed by atoms with Crippen LogP contribution in [0.4, 0.5) is 22.0 Å². The molecule has 15 heteroatoms. The molecule has 0 saturated carbocycles. The molecule has 0 aliphatic carbocycles. The standard InChI is InChI=1S/C34H29ClF5N5O4/c1-33(23-6-5-19(35)13-25(23)37)47-28-4-2-3-21(30(28)48-33)18-7-10-44(11-8-18)17-29-41-26-14-22(31-42-32(49-43-31)34(38,39)40)24(36)15-27(26)45(29)16-20-9-12-46-20/h2-6,13-15,18,20H,7-12,16-17H2,1H3/t20-,33?/m0/s1. The predicted octanol–water partition coefficient (Wildman–Crippen LogP) is 7.85. The van der Waals surface area contributed by atoms with E-state index in [1.165, 1.54) is 18.2 Å². The summed E-state index contributed by atoms with van der Waals surface area (Å²) in [5, 5.41) is 3.63. The summed E-state index contributed by atoms with van der Waals surface area (Å²) < 4.78 is 93.8. The topological polar surface area (TPSA) is 87.7 Å². The first-order valence-corrected chi connectivity index (χ1v) is 16.2. The maximum atomic E-state index is 15.3. The fourth-order valence-electron chi connectivity index (χ4n) is 6.81. The minimum absolute atomic E-state index is 0.0504. The number of para-hydroxylation sites is 1. The van der Waals surface area contributed by atoms with Crippen LogP contribution in [-0.2, 0) is 29.8 Å². The highest BCUT2D eigenvalue weighted by Crippen LogP contribution is 2.50. The van der Waals surface area contributed by atoms with Gasteiger partial charge in [-0.3, -0.25) is 4.90 Å². The molecule has 3 aliphatic heterocycles. The van der Waals surface area contributed by atoms with Crippen LogP contribution in [-0.4, -0.2) is 50.4 Å². The minimum Gasteiger partial charge on any atom is -0.444 e. The number of hydrogen-bond acceptors (Lipinski definition) is 8. The van der Waals surface area contributed by atoms with E-state index in [4.69, 9.17) is 30.8 Å². The van der Waals surface area contributed by atoms with Gasteiger partial charge < -0.3 is 23.3 Å². The summed E-state index contributed by atoms with van der Waals surface area (Å²) in [6, 6.07) is 12.7. The van der Waals surface area contributed by atoms with Gasteiger partial charge in [0.05, 0.1) is 41.4 Å². The molecule has 3 aliphatic rings. The highest BCUT2D eigenvalue weighted by atomic mass is 35.5. The third kappa shape index (κ3) is 5.89. The Morgan fingerprint density at radius 1 is 0.980 bits per heavy atom. The van der Waals surface area contributed by atoms with Crippen LogP contribution in [0.15, 0.2) is 53.1 Å². The zero-order valence-corrected chi connectivity index (χ0v) is 26.8. The second-order valence-corrected chi connectivity index (χ2v) is 13.1. The summed E-state index contributed by atoms with van der Waals surface area (Å²) in [5.41, 5.74) is 1.90. The van der Waals surface area contributed by atoms with E-state index in [1.807, 2.05) is 22.8 Å². The molecule has 5 aromatic rings. The van der Waals surface area contributed by atoms with Crippen molar-refractivity contribution in [3.05, 3.63) is 88.0 Å². The third-order valence-electron chi connectivity index (χ3n) is 9.43. The average molecular weight is 702 g/mol. The second kappa shape index (κ2) is 12.0. The minimum atomic E-state index is -4.85. The van der Waals surface area contributed by atoms with Crippen LogP contribution in [0.25, 0.3) is 22.4 Å². The summed E-state index contributed by atoms with van der Waals surface area (Å²) >= 11 is 5.97. The number of halogens is 6. The van der Waals surface area contributed by atoms with Crippen molar-refractivity contribution in [2.75, 3.05) is 19.7 Å². The zero-order valence-electron chi connectivity index (χ0n) is 26.1. The lowest BCUT2D eigenvalue weighted by atomic mass is 9.88. The number of nitrogens with zero attached hydrogens (tertiary/aromatic N) is 5. The number of aromatic nitrogens is 4. The van der Waals surface area contributed by atoms with Crippen LogP contribution in [0, 0.1) is 11.6 Å². The first kappa shape index (κ1) is 32.0. The quantitative estimate of drug-likeness (QED) is 0.159. The fraction of sp³-hybridized carbons (Fsp3) is 0.382. The van der Waals surface area contributed by atoms with Crippen LogP contribution in [0.1, 0.15) is 54.9 Å². The van der Waals surface area contributed by atoms with Gasteiger partial charge in [-0.05, 0) is 68.6 Å². The van der Waals surface area contributed by atoms with E-state index < -0.39 is 35.3 Å². The second-order valence-electron chi connectivity index (χ2n) is 12.7. The van der Waals surface area contributed by atoms with Gasteiger partial charge in [-0.15, -0.1) is 0 Å². The molecule has 49 heavy (non-hydrogen) atoms. The monoisotopic (exact) mass is 701 g/mol. The SMILES string of the molecule is CC1(c2ccc(Cl)cc2F)Oc2cccc(C3CCN(Cc4nc5cc(-c6noc(C(F)(F)F)n6)c(F)cc5n4C[C@@H]4CCO4)CC3)c2O1. The van der Waals surface area contributed by atoms with Gasteiger partial charge in [-0.2, -0.15) is 18.2 Å². The lowest BCUT2D eigenvalue weighted by Gasteiger charge is -2.33. The molecule has 256 valence electrons. The van der Waals surface area contributed by atoms with Gasteiger partial charge in [0.1, 0.15) is 17.5 Å². The highest BCUT2D eigenvalue weighted by molar-refractivity contribution is 6.30. The van der Waals surface area contributed by atoms with Gasteiger partial charge in [0.2, 0.25) is 5.82 Å². The molecule has 0 amide bonds. The van der Waals surface area contributed by atoms with Crippen molar-refractivity contribution < 1.29 is 40.7 Å². The van der Waals surface area contributed by atoms with Crippen molar-refractivity contribution in [1.29, 1.82) is 0 Å². The summed E-state index contributed by atoms with van der Waals surface area (Å²) in [6.07, 6.45) is -2.45. The third-order valence-corrected chi connectivity index (χ3v) is 9.66. The Bertz CT molecular complexity index is 2060. The molecule has 0 N–H and O–H groups in total. The largest absolute Gasteiger partial charge is 0.471 e. The fourth-order valence-corrected chi connectivity index (χ4v) is 6.97. The van der Waals surface area contributed by atoms with Crippen LogP contribution in [0.5, 0.6) is 11.5 Å². The van der Waals surface area contributed by atoms with Crippen molar-refractivity contribution in [3.8, 4) is 22.9 Å². The van der Waals surface area contributed by atoms with E-state index >= 15 is 4.39 Å². The summed E-state index contributed by atoms with van der Waals surface area (Å²) in [6.45, 7) is 4.70. The summed E-state index contributed by atoms with van der Waals surface area (Å²) in [4.78, 5) is 10.4. The van der Waals surface area contributed by atoms with Crippen molar-refractivity contribution in [2.24, 2.45) is 0 Å². The Kier molecular flexibility index (Phi) is 7.80. The van der Waals surface area contributed by atoms with Crippen molar-refractivity contribution in [2.45, 2.75) is 63.3 Å². The van der Waals surface area contributed by atoms with E-state index in [9.17, 15) is 17.6 Å². The Morgan fingerprint density at radius 3 is 2.47 bits per heavy atom. The molecule has 0 bridgehead atoms. The number of hydrogen-bond donors (Lipinski definition) is 0. The van der Waals surface area contributed by atoms with E-state index in [-0.39, 0.29) is 28.2 Å². The first-order chi connectivity index (χ1) is 23.4. The zero-order chi connectivity index (χ0) is 34.1. The molecule has 2 fully saturated rings. The van der Waals surface area contributed by atoms with Gasteiger partial charge in [0, 0.05) is 30.2 Å². The van der Waals surface area contributed by atoms with E-state index in [0.717, 1.165) is 37.9 Å². The Morgan fingerprint density at radius 2 is 1.78 bits per heavy atom. The highest BCUT2D eigenvalue weighted by Gasteiger charge is 2.43. The number of piperidine rings is 1. The lowest BCUT2D eigenvalue weighted by Crippen LogP contribution is -2.35. The summed E-state index contributed by atoms with van der Waals surface area (Å²) in [7, 11) is 0. The van der Waals surface area contributed by atoms with Crippen LogP contribution >= 0.6 is 11.6 Å². The number of alkyl halides is 3. The van der Waals surface area contributed by atoms with Gasteiger partial charge in [0.25, 0.3) is 5.79 Å². The van der Waals surface area contributed by atoms with Crippen LogP contribution < -0.4 is 9.47 Å². The molecule has 9 nitrogen and oxygen atoms in total. The van der Waals surface area contributed by atoms with E-state index in [0.29, 0.717) is 48.1 Å². The average Bonchev–Trinajstić information content (AvgIpc) is 3.74. The molecule has 5 heterocycles. The number of likely N-dealkylation sites (tertiary alicyclic amines) is 1. The summed E-state index contributed by atoms with van der Waals surface area (Å²) in [5.74, 6) is -2.73. The number of imidazole rings is 1. The first-order valence-electron chi connectivity index (χ1n) is 15.9. The number of fused-ring (bicyclic) bond motifs is 2. The smallest absolute Gasteiger partial charge is 0.444 e. The van der Waals surface area contributed by atoms with Crippen molar-refractivity contribution >= 4 is 22.6 Å². The molecular formula is C34H29ClF5N5O4. The molecule has 0 spiro atoms. The van der Waals surface area contributed by atoms with Crippen molar-refractivity contribution in [1.82, 2.24) is 24.6 Å². The molecule has 2 atom stereocenters. The molecule has 8 rings (SSSR count). The number of ether oxygens (including phenoxy) is 3. The van der Waals surface area contributed by atoms with Gasteiger partial charge in [-0.1, -0.05) is 28.9 Å². The number of rotatable bonds is 7. The van der Waals surface area contributed by atoms with Crippen LogP contribution in [0.2, 0.25) is 5.02 Å².